The van der Waals surface area contributed by atoms with Crippen LogP contribution >= 0.6 is 11.3 Å². The maximum atomic E-state index is 4.75. The lowest BCUT2D eigenvalue weighted by Crippen LogP contribution is -2.51. The summed E-state index contributed by atoms with van der Waals surface area (Å²) in [5.41, 5.74) is 1.32. The maximum absolute atomic E-state index is 4.75. The van der Waals surface area contributed by atoms with Crippen LogP contribution in [0.1, 0.15) is 49.2 Å². The summed E-state index contributed by atoms with van der Waals surface area (Å²) in [7, 11) is 0. The lowest BCUT2D eigenvalue weighted by atomic mass is 9.98. The number of thiazole rings is 1. The Morgan fingerprint density at radius 1 is 1.28 bits per heavy atom. The second-order valence-electron chi connectivity index (χ2n) is 5.92. The average Bonchev–Trinajstić information content (AvgIpc) is 2.73. The SMILES string of the molecule is Cc1nc(C(C)C)sc1C(C)(C)N1CCNCC1. The van der Waals surface area contributed by atoms with Crippen LogP contribution in [-0.4, -0.2) is 36.1 Å². The molecule has 2 heterocycles. The van der Waals surface area contributed by atoms with Crippen LogP contribution in [0.5, 0.6) is 0 Å². The highest BCUT2D eigenvalue weighted by molar-refractivity contribution is 7.12. The van der Waals surface area contributed by atoms with Crippen molar-refractivity contribution < 1.29 is 0 Å². The number of rotatable bonds is 3. The van der Waals surface area contributed by atoms with Crippen molar-refractivity contribution in [1.82, 2.24) is 15.2 Å². The molecule has 1 aliphatic heterocycles. The van der Waals surface area contributed by atoms with Crippen molar-refractivity contribution in [2.45, 2.75) is 46.1 Å². The van der Waals surface area contributed by atoms with E-state index in [1.165, 1.54) is 15.6 Å². The zero-order valence-corrected chi connectivity index (χ0v) is 13.0. The Kier molecular flexibility index (Phi) is 4.09. The molecule has 0 aromatic carbocycles. The predicted octanol–water partition coefficient (Wildman–Crippen LogP) is 2.72. The molecule has 18 heavy (non-hydrogen) atoms. The first kappa shape index (κ1) is 14.0. The van der Waals surface area contributed by atoms with Gasteiger partial charge in [-0.25, -0.2) is 4.98 Å². The van der Waals surface area contributed by atoms with Crippen LogP contribution in [0, 0.1) is 6.92 Å². The summed E-state index contributed by atoms with van der Waals surface area (Å²) in [6.07, 6.45) is 0. The Labute approximate surface area is 115 Å². The van der Waals surface area contributed by atoms with E-state index < -0.39 is 0 Å². The number of nitrogens with zero attached hydrogens (tertiary/aromatic N) is 2. The molecule has 1 aliphatic rings. The number of piperazine rings is 1. The van der Waals surface area contributed by atoms with Gasteiger partial charge in [0.1, 0.15) is 0 Å². The van der Waals surface area contributed by atoms with Crippen LogP contribution < -0.4 is 5.32 Å². The van der Waals surface area contributed by atoms with Gasteiger partial charge in [-0.2, -0.15) is 0 Å². The van der Waals surface area contributed by atoms with Crippen molar-refractivity contribution in [3.63, 3.8) is 0 Å². The summed E-state index contributed by atoms with van der Waals surface area (Å²) in [6, 6.07) is 0. The smallest absolute Gasteiger partial charge is 0.0957 e. The van der Waals surface area contributed by atoms with Crippen molar-refractivity contribution in [2.24, 2.45) is 0 Å². The number of nitrogens with one attached hydrogen (secondary N) is 1. The molecule has 0 amide bonds. The second kappa shape index (κ2) is 5.27. The largest absolute Gasteiger partial charge is 0.314 e. The predicted molar refractivity (Wildman–Crippen MR) is 78.4 cm³/mol. The van der Waals surface area contributed by atoms with E-state index in [4.69, 9.17) is 4.98 Å². The molecule has 4 heteroatoms. The number of aromatic nitrogens is 1. The molecule has 1 aromatic rings. The monoisotopic (exact) mass is 267 g/mol. The lowest BCUT2D eigenvalue weighted by molar-refractivity contribution is 0.105. The van der Waals surface area contributed by atoms with Gasteiger partial charge in [0, 0.05) is 37.0 Å². The third kappa shape index (κ3) is 2.60. The van der Waals surface area contributed by atoms with Gasteiger partial charge >= 0.3 is 0 Å². The van der Waals surface area contributed by atoms with Crippen molar-refractivity contribution in [1.29, 1.82) is 0 Å². The van der Waals surface area contributed by atoms with E-state index >= 15 is 0 Å². The molecular formula is C14H25N3S. The fourth-order valence-electron chi connectivity index (χ4n) is 2.60. The normalized spacial score (nSPS) is 18.6. The Morgan fingerprint density at radius 3 is 2.39 bits per heavy atom. The van der Waals surface area contributed by atoms with Crippen molar-refractivity contribution >= 4 is 11.3 Å². The van der Waals surface area contributed by atoms with Gasteiger partial charge in [-0.1, -0.05) is 13.8 Å². The highest BCUT2D eigenvalue weighted by atomic mass is 32.1. The third-order valence-corrected chi connectivity index (χ3v) is 5.54. The molecule has 3 nitrogen and oxygen atoms in total. The molecule has 102 valence electrons. The van der Waals surface area contributed by atoms with Gasteiger partial charge in [-0.3, -0.25) is 4.90 Å². The van der Waals surface area contributed by atoms with Crippen LogP contribution in [0.3, 0.4) is 0 Å². The van der Waals surface area contributed by atoms with Crippen LogP contribution in [0.2, 0.25) is 0 Å². The zero-order valence-electron chi connectivity index (χ0n) is 12.2. The number of hydrogen-bond donors (Lipinski definition) is 1. The molecule has 0 spiro atoms. The quantitative estimate of drug-likeness (QED) is 0.912. The zero-order chi connectivity index (χ0) is 13.3. The van der Waals surface area contributed by atoms with Crippen molar-refractivity contribution in [3.05, 3.63) is 15.6 Å². The fourth-order valence-corrected chi connectivity index (χ4v) is 3.80. The van der Waals surface area contributed by atoms with Gasteiger partial charge in [0.2, 0.25) is 0 Å². The van der Waals surface area contributed by atoms with Gasteiger partial charge < -0.3 is 5.32 Å². The second-order valence-corrected chi connectivity index (χ2v) is 6.95. The number of aryl methyl sites for hydroxylation is 1. The first-order valence-corrected chi connectivity index (χ1v) is 7.68. The van der Waals surface area contributed by atoms with E-state index in [1.807, 2.05) is 11.3 Å². The molecule has 0 unspecified atom stereocenters. The summed E-state index contributed by atoms with van der Waals surface area (Å²) < 4.78 is 0. The minimum atomic E-state index is 0.108. The van der Waals surface area contributed by atoms with E-state index in [9.17, 15) is 0 Å². The summed E-state index contributed by atoms with van der Waals surface area (Å²) in [6.45, 7) is 15.7. The molecule has 0 bridgehead atoms. The highest BCUT2D eigenvalue weighted by Gasteiger charge is 2.33. The third-order valence-electron chi connectivity index (χ3n) is 3.77. The van der Waals surface area contributed by atoms with Crippen molar-refractivity contribution in [3.8, 4) is 0 Å². The van der Waals surface area contributed by atoms with E-state index in [-0.39, 0.29) is 5.54 Å². The van der Waals surface area contributed by atoms with Crippen LogP contribution in [0.4, 0.5) is 0 Å². The molecule has 0 saturated carbocycles. The molecule has 0 atom stereocenters. The highest BCUT2D eigenvalue weighted by Crippen LogP contribution is 2.36. The minimum absolute atomic E-state index is 0.108. The Morgan fingerprint density at radius 2 is 1.89 bits per heavy atom. The minimum Gasteiger partial charge on any atom is -0.314 e. The topological polar surface area (TPSA) is 28.2 Å². The molecule has 1 N–H and O–H groups in total. The van der Waals surface area contributed by atoms with Crippen LogP contribution in [-0.2, 0) is 5.54 Å². The van der Waals surface area contributed by atoms with Crippen LogP contribution in [0.25, 0.3) is 0 Å². The molecule has 1 fully saturated rings. The van der Waals surface area contributed by atoms with Gasteiger partial charge in [-0.05, 0) is 20.8 Å². The molecule has 2 rings (SSSR count). The van der Waals surface area contributed by atoms with E-state index in [0.29, 0.717) is 5.92 Å². The summed E-state index contributed by atoms with van der Waals surface area (Å²) >= 11 is 1.90. The number of hydrogen-bond acceptors (Lipinski definition) is 4. The first-order valence-electron chi connectivity index (χ1n) is 6.86. The summed E-state index contributed by atoms with van der Waals surface area (Å²) in [4.78, 5) is 8.76. The van der Waals surface area contributed by atoms with Gasteiger partial charge in [0.25, 0.3) is 0 Å². The Hall–Kier alpha value is -0.450. The standard InChI is InChI=1S/C14H25N3S/c1-10(2)13-16-11(3)12(18-13)14(4,5)17-8-6-15-7-9-17/h10,15H,6-9H2,1-5H3. The summed E-state index contributed by atoms with van der Waals surface area (Å²) in [5, 5.41) is 4.69. The van der Waals surface area contributed by atoms with E-state index in [2.05, 4.69) is 44.8 Å². The molecule has 0 aliphatic carbocycles. The summed E-state index contributed by atoms with van der Waals surface area (Å²) in [5.74, 6) is 0.529. The first-order chi connectivity index (χ1) is 8.43. The Balaban J connectivity index is 2.27. The molecule has 1 aromatic heterocycles. The maximum Gasteiger partial charge on any atom is 0.0957 e. The average molecular weight is 267 g/mol. The van der Waals surface area contributed by atoms with Crippen LogP contribution in [0.15, 0.2) is 0 Å². The molecular weight excluding hydrogens is 242 g/mol. The molecule has 1 saturated heterocycles. The van der Waals surface area contributed by atoms with Gasteiger partial charge in [0.05, 0.1) is 16.2 Å². The van der Waals surface area contributed by atoms with Crippen molar-refractivity contribution in [2.75, 3.05) is 26.2 Å². The fraction of sp³-hybridized carbons (Fsp3) is 0.786. The van der Waals surface area contributed by atoms with E-state index in [0.717, 1.165) is 26.2 Å². The Bertz CT molecular complexity index is 403. The van der Waals surface area contributed by atoms with Gasteiger partial charge in [0.15, 0.2) is 0 Å². The van der Waals surface area contributed by atoms with Gasteiger partial charge in [-0.15, -0.1) is 11.3 Å². The molecule has 0 radical (unpaired) electrons. The van der Waals surface area contributed by atoms with E-state index in [1.54, 1.807) is 0 Å². The lowest BCUT2D eigenvalue weighted by Gasteiger charge is -2.40.